The summed E-state index contributed by atoms with van der Waals surface area (Å²) in [6.45, 7) is 3.52. The topological polar surface area (TPSA) is 73.6 Å². The summed E-state index contributed by atoms with van der Waals surface area (Å²) >= 11 is 0. The summed E-state index contributed by atoms with van der Waals surface area (Å²) in [5.41, 5.74) is 0. The number of rotatable bonds is 6. The molecule has 1 aliphatic heterocycles. The van der Waals surface area contributed by atoms with E-state index >= 15 is 0 Å². The Bertz CT molecular complexity index is 378. The van der Waals surface area contributed by atoms with Crippen LogP contribution in [-0.4, -0.2) is 61.0 Å². The van der Waals surface area contributed by atoms with Crippen LogP contribution in [0, 0.1) is 11.3 Å². The molecule has 1 amide bonds. The SMILES string of the molecule is CCOC(=O)C1CCCCN1CC(=O)N(C)CCC#N. The zero-order valence-corrected chi connectivity index (χ0v) is 12.3. The second kappa shape index (κ2) is 8.54. The highest BCUT2D eigenvalue weighted by Gasteiger charge is 2.31. The third-order valence-electron chi connectivity index (χ3n) is 3.50. The number of nitriles is 1. The fourth-order valence-electron chi connectivity index (χ4n) is 2.32. The van der Waals surface area contributed by atoms with E-state index in [2.05, 4.69) is 0 Å². The molecule has 6 nitrogen and oxygen atoms in total. The molecule has 1 fully saturated rings. The largest absolute Gasteiger partial charge is 0.465 e. The number of amides is 1. The maximum atomic E-state index is 12.1. The molecule has 20 heavy (non-hydrogen) atoms. The van der Waals surface area contributed by atoms with Gasteiger partial charge in [0.25, 0.3) is 0 Å². The van der Waals surface area contributed by atoms with E-state index in [1.807, 2.05) is 11.0 Å². The van der Waals surface area contributed by atoms with E-state index in [0.29, 0.717) is 19.6 Å². The van der Waals surface area contributed by atoms with Crippen LogP contribution >= 0.6 is 0 Å². The fraction of sp³-hybridized carbons (Fsp3) is 0.786. The van der Waals surface area contributed by atoms with Crippen molar-refractivity contribution in [2.45, 2.75) is 38.6 Å². The smallest absolute Gasteiger partial charge is 0.323 e. The van der Waals surface area contributed by atoms with E-state index in [4.69, 9.17) is 10.00 Å². The van der Waals surface area contributed by atoms with Gasteiger partial charge in [-0.05, 0) is 26.3 Å². The van der Waals surface area contributed by atoms with Gasteiger partial charge in [-0.2, -0.15) is 5.26 Å². The van der Waals surface area contributed by atoms with Crippen LogP contribution in [0.5, 0.6) is 0 Å². The number of piperidine rings is 1. The van der Waals surface area contributed by atoms with Crippen molar-refractivity contribution in [3.05, 3.63) is 0 Å². The molecule has 0 aliphatic carbocycles. The van der Waals surface area contributed by atoms with Gasteiger partial charge in [0.1, 0.15) is 6.04 Å². The minimum atomic E-state index is -0.308. The minimum Gasteiger partial charge on any atom is -0.465 e. The second-order valence-corrected chi connectivity index (χ2v) is 4.96. The van der Waals surface area contributed by atoms with Crippen LogP contribution in [-0.2, 0) is 14.3 Å². The van der Waals surface area contributed by atoms with Gasteiger partial charge in [0.05, 0.1) is 25.6 Å². The highest BCUT2D eigenvalue weighted by atomic mass is 16.5. The summed E-state index contributed by atoms with van der Waals surface area (Å²) in [7, 11) is 1.68. The van der Waals surface area contributed by atoms with Crippen molar-refractivity contribution in [3.8, 4) is 6.07 Å². The van der Waals surface area contributed by atoms with Crippen LogP contribution in [0.4, 0.5) is 0 Å². The zero-order valence-electron chi connectivity index (χ0n) is 12.3. The van der Waals surface area contributed by atoms with Crippen molar-refractivity contribution < 1.29 is 14.3 Å². The first-order valence-electron chi connectivity index (χ1n) is 7.11. The Morgan fingerprint density at radius 2 is 2.20 bits per heavy atom. The number of likely N-dealkylation sites (tertiary alicyclic amines) is 1. The predicted octanol–water partition coefficient (Wildman–Crippen LogP) is 0.776. The van der Waals surface area contributed by atoms with Crippen LogP contribution in [0.15, 0.2) is 0 Å². The Morgan fingerprint density at radius 3 is 2.85 bits per heavy atom. The number of carbonyl (C=O) groups excluding carboxylic acids is 2. The average molecular weight is 281 g/mol. The summed E-state index contributed by atoms with van der Waals surface area (Å²) in [5.74, 6) is -0.295. The van der Waals surface area contributed by atoms with Crippen molar-refractivity contribution in [3.63, 3.8) is 0 Å². The molecule has 0 aromatic carbocycles. The number of ether oxygens (including phenoxy) is 1. The van der Waals surface area contributed by atoms with E-state index in [-0.39, 0.29) is 24.5 Å². The van der Waals surface area contributed by atoms with Crippen molar-refractivity contribution in [1.82, 2.24) is 9.80 Å². The number of hydrogen-bond acceptors (Lipinski definition) is 5. The van der Waals surface area contributed by atoms with E-state index in [9.17, 15) is 9.59 Å². The lowest BCUT2D eigenvalue weighted by atomic mass is 10.0. The third kappa shape index (κ3) is 4.82. The number of nitrogens with zero attached hydrogens (tertiary/aromatic N) is 3. The molecule has 0 aromatic rings. The fourth-order valence-corrected chi connectivity index (χ4v) is 2.32. The summed E-state index contributed by atoms with van der Waals surface area (Å²) in [6, 6.07) is 1.71. The Labute approximate surface area is 120 Å². The Hall–Kier alpha value is -1.61. The standard InChI is InChI=1S/C14H23N3O3/c1-3-20-14(19)12-7-4-5-10-17(12)11-13(18)16(2)9-6-8-15/h12H,3-7,9-11H2,1-2H3. The van der Waals surface area contributed by atoms with Crippen LogP contribution < -0.4 is 0 Å². The summed E-state index contributed by atoms with van der Waals surface area (Å²) in [5, 5.41) is 8.53. The van der Waals surface area contributed by atoms with E-state index in [0.717, 1.165) is 25.8 Å². The molecule has 0 N–H and O–H groups in total. The van der Waals surface area contributed by atoms with E-state index in [1.165, 1.54) is 0 Å². The summed E-state index contributed by atoms with van der Waals surface area (Å²) in [4.78, 5) is 27.4. The molecule has 1 unspecified atom stereocenters. The molecule has 1 aliphatic rings. The van der Waals surface area contributed by atoms with Gasteiger partial charge in [0.2, 0.25) is 5.91 Å². The minimum absolute atomic E-state index is 0.0588. The number of carbonyl (C=O) groups is 2. The second-order valence-electron chi connectivity index (χ2n) is 4.96. The molecule has 0 saturated carbocycles. The van der Waals surface area contributed by atoms with E-state index < -0.39 is 0 Å². The third-order valence-corrected chi connectivity index (χ3v) is 3.50. The molecule has 112 valence electrons. The first-order chi connectivity index (χ1) is 9.60. The first-order valence-corrected chi connectivity index (χ1v) is 7.11. The highest BCUT2D eigenvalue weighted by Crippen LogP contribution is 2.18. The molecule has 1 atom stereocenters. The summed E-state index contributed by atoms with van der Waals surface area (Å²) in [6.07, 6.45) is 3.04. The Morgan fingerprint density at radius 1 is 1.45 bits per heavy atom. The van der Waals surface area contributed by atoms with Gasteiger partial charge >= 0.3 is 5.97 Å². The van der Waals surface area contributed by atoms with Gasteiger partial charge < -0.3 is 9.64 Å². The number of esters is 1. The predicted molar refractivity (Wildman–Crippen MR) is 73.7 cm³/mol. The van der Waals surface area contributed by atoms with Crippen molar-refractivity contribution in [2.75, 3.05) is 33.3 Å². The van der Waals surface area contributed by atoms with Gasteiger partial charge in [-0.25, -0.2) is 0 Å². The lowest BCUT2D eigenvalue weighted by Gasteiger charge is -2.34. The van der Waals surface area contributed by atoms with Crippen LogP contribution in [0.25, 0.3) is 0 Å². The van der Waals surface area contributed by atoms with Crippen LogP contribution in [0.3, 0.4) is 0 Å². The molecule has 6 heteroatoms. The highest BCUT2D eigenvalue weighted by molar-refractivity contribution is 5.80. The van der Waals surface area contributed by atoms with Gasteiger partial charge in [0, 0.05) is 13.6 Å². The molecule has 0 radical (unpaired) electrons. The maximum Gasteiger partial charge on any atom is 0.323 e. The zero-order chi connectivity index (χ0) is 15.0. The lowest BCUT2D eigenvalue weighted by Crippen LogP contribution is -2.49. The number of likely N-dealkylation sites (N-methyl/N-ethyl adjacent to an activating group) is 1. The van der Waals surface area contributed by atoms with Gasteiger partial charge in [0.15, 0.2) is 0 Å². The Balaban J connectivity index is 2.56. The van der Waals surface area contributed by atoms with Crippen LogP contribution in [0.2, 0.25) is 0 Å². The maximum absolute atomic E-state index is 12.1. The Kier molecular flexibility index (Phi) is 7.02. The first kappa shape index (κ1) is 16.4. The molecule has 1 heterocycles. The quantitative estimate of drug-likeness (QED) is 0.673. The molecule has 1 rings (SSSR count). The summed E-state index contributed by atoms with van der Waals surface area (Å²) < 4.78 is 5.07. The van der Waals surface area contributed by atoms with Crippen LogP contribution in [0.1, 0.15) is 32.6 Å². The average Bonchev–Trinajstić information content (AvgIpc) is 2.45. The molecule has 0 spiro atoms. The molecule has 1 saturated heterocycles. The molecular weight excluding hydrogens is 258 g/mol. The van der Waals surface area contributed by atoms with Gasteiger partial charge in [-0.3, -0.25) is 14.5 Å². The normalized spacial score (nSPS) is 19.1. The monoisotopic (exact) mass is 281 g/mol. The van der Waals surface area contributed by atoms with Crippen molar-refractivity contribution in [1.29, 1.82) is 5.26 Å². The lowest BCUT2D eigenvalue weighted by molar-refractivity contribution is -0.151. The van der Waals surface area contributed by atoms with Gasteiger partial charge in [-0.15, -0.1) is 0 Å². The molecular formula is C14H23N3O3. The molecule has 0 aromatic heterocycles. The van der Waals surface area contributed by atoms with Gasteiger partial charge in [-0.1, -0.05) is 6.42 Å². The molecule has 0 bridgehead atoms. The van der Waals surface area contributed by atoms with Crippen molar-refractivity contribution >= 4 is 11.9 Å². The van der Waals surface area contributed by atoms with Crippen molar-refractivity contribution in [2.24, 2.45) is 0 Å². The number of hydrogen-bond donors (Lipinski definition) is 0. The van der Waals surface area contributed by atoms with E-state index in [1.54, 1.807) is 18.9 Å².